The lowest BCUT2D eigenvalue weighted by molar-refractivity contribution is -0.149. The van der Waals surface area contributed by atoms with E-state index in [4.69, 9.17) is 4.74 Å². The van der Waals surface area contributed by atoms with Crippen molar-refractivity contribution in [1.29, 1.82) is 0 Å². The van der Waals surface area contributed by atoms with Crippen LogP contribution in [0.15, 0.2) is 39.6 Å². The number of rotatable bonds is 5. The van der Waals surface area contributed by atoms with Crippen molar-refractivity contribution >= 4 is 21.9 Å². The average molecular weight is 422 g/mol. The Balaban J connectivity index is 1.74. The minimum atomic E-state index is -0.0871. The van der Waals surface area contributed by atoms with Gasteiger partial charge in [0, 0.05) is 13.6 Å². The minimum absolute atomic E-state index is 0.00706. The van der Waals surface area contributed by atoms with Crippen LogP contribution in [0.3, 0.4) is 0 Å². The molecule has 0 N–H and O–H groups in total. The van der Waals surface area contributed by atoms with Gasteiger partial charge in [-0.25, -0.2) is 4.68 Å². The molecule has 0 aliphatic carbocycles. The number of ether oxygens (including phenoxy) is 1. The third-order valence-electron chi connectivity index (χ3n) is 4.91. The monoisotopic (exact) mass is 421 g/mol. The van der Waals surface area contributed by atoms with E-state index in [1.54, 1.807) is 4.68 Å². The van der Waals surface area contributed by atoms with Crippen molar-refractivity contribution in [3.8, 4) is 5.69 Å². The van der Waals surface area contributed by atoms with Crippen LogP contribution in [0.1, 0.15) is 25.5 Å². The van der Waals surface area contributed by atoms with Crippen molar-refractivity contribution < 1.29 is 9.53 Å². The average Bonchev–Trinajstić information content (AvgIpc) is 2.86. The Labute approximate surface area is 161 Å². The zero-order valence-corrected chi connectivity index (χ0v) is 16.7. The number of piperidine rings is 1. The Morgan fingerprint density at radius 3 is 2.50 bits per heavy atom. The molecule has 1 aromatic carbocycles. The van der Waals surface area contributed by atoms with Crippen LogP contribution in [0, 0.1) is 5.92 Å². The Morgan fingerprint density at radius 1 is 1.23 bits per heavy atom. The molecule has 0 saturated carbocycles. The molecule has 7 heteroatoms. The molecule has 0 radical (unpaired) electrons. The molecule has 0 amide bonds. The van der Waals surface area contributed by atoms with Gasteiger partial charge in [-0.05, 0) is 60.9 Å². The fraction of sp³-hybridized carbons (Fsp3) is 0.474. The van der Waals surface area contributed by atoms with E-state index in [0.717, 1.165) is 37.3 Å². The summed E-state index contributed by atoms with van der Waals surface area (Å²) in [5, 5.41) is 0. The number of hydrogen-bond donors (Lipinski definition) is 0. The highest BCUT2D eigenvalue weighted by Crippen LogP contribution is 2.23. The minimum Gasteiger partial charge on any atom is -0.466 e. The van der Waals surface area contributed by atoms with E-state index >= 15 is 0 Å². The molecule has 1 fully saturated rings. The van der Waals surface area contributed by atoms with Crippen molar-refractivity contribution in [3.05, 3.63) is 50.9 Å². The molecule has 0 atom stereocenters. The second-order valence-corrected chi connectivity index (χ2v) is 7.33. The largest absolute Gasteiger partial charge is 0.466 e. The molecule has 1 saturated heterocycles. The summed E-state index contributed by atoms with van der Waals surface area (Å²) in [4.78, 5) is 26.8. The Bertz CT molecular complexity index is 821. The maximum Gasteiger partial charge on any atom is 0.309 e. The summed E-state index contributed by atoms with van der Waals surface area (Å²) in [5.74, 6) is -0.0941. The van der Waals surface area contributed by atoms with E-state index < -0.39 is 0 Å². The summed E-state index contributed by atoms with van der Waals surface area (Å²) in [5.41, 5.74) is 1.72. The lowest BCUT2D eigenvalue weighted by atomic mass is 9.97. The number of halogens is 1. The molecule has 0 unspecified atom stereocenters. The molecule has 6 nitrogen and oxygen atoms in total. The van der Waals surface area contributed by atoms with Gasteiger partial charge in [0.25, 0.3) is 5.56 Å². The van der Waals surface area contributed by atoms with Crippen LogP contribution in [0.25, 0.3) is 5.69 Å². The quantitative estimate of drug-likeness (QED) is 0.696. The van der Waals surface area contributed by atoms with E-state index in [-0.39, 0.29) is 17.4 Å². The van der Waals surface area contributed by atoms with Gasteiger partial charge >= 0.3 is 5.97 Å². The summed E-state index contributed by atoms with van der Waals surface area (Å²) in [6.07, 6.45) is 1.59. The van der Waals surface area contributed by atoms with Gasteiger partial charge in [-0.2, -0.15) is 0 Å². The second kappa shape index (κ2) is 8.22. The maximum atomic E-state index is 12.7. The molecule has 1 aromatic heterocycles. The highest BCUT2D eigenvalue weighted by Gasteiger charge is 2.27. The van der Waals surface area contributed by atoms with E-state index in [0.29, 0.717) is 17.6 Å². The Morgan fingerprint density at radius 2 is 1.88 bits per heavy atom. The van der Waals surface area contributed by atoms with Crippen LogP contribution < -0.4 is 5.56 Å². The summed E-state index contributed by atoms with van der Waals surface area (Å²) < 4.78 is 9.29. The predicted octanol–water partition coefficient (Wildman–Crippen LogP) is 2.71. The number of hydrogen-bond acceptors (Lipinski definition) is 4. The molecular formula is C19H24BrN3O3. The van der Waals surface area contributed by atoms with Crippen LogP contribution in [0.5, 0.6) is 0 Å². The molecule has 0 bridgehead atoms. The van der Waals surface area contributed by atoms with Crippen molar-refractivity contribution in [2.24, 2.45) is 13.0 Å². The smallest absolute Gasteiger partial charge is 0.309 e. The third kappa shape index (κ3) is 3.78. The molecule has 0 spiro atoms. The molecule has 1 aliphatic rings. The first-order valence-corrected chi connectivity index (χ1v) is 9.73. The predicted molar refractivity (Wildman–Crippen MR) is 103 cm³/mol. The lowest BCUT2D eigenvalue weighted by Crippen LogP contribution is -2.37. The highest BCUT2D eigenvalue weighted by molar-refractivity contribution is 9.10. The van der Waals surface area contributed by atoms with Gasteiger partial charge in [0.05, 0.1) is 23.9 Å². The molecule has 2 heterocycles. The first kappa shape index (κ1) is 18.9. The second-order valence-electron chi connectivity index (χ2n) is 6.54. The standard InChI is InChI=1S/C19H24BrN3O3/c1-3-26-19(25)14-9-11-22(12-10-14)13-16-17(20)18(24)23(21(16)2)15-7-5-4-6-8-15/h4-8,14H,3,9-13H2,1-2H3. The third-order valence-corrected chi connectivity index (χ3v) is 5.70. The number of nitrogens with zero attached hydrogens (tertiary/aromatic N) is 3. The summed E-state index contributed by atoms with van der Waals surface area (Å²) in [7, 11) is 1.90. The number of benzene rings is 1. The van der Waals surface area contributed by atoms with Crippen molar-refractivity contribution in [3.63, 3.8) is 0 Å². The number of esters is 1. The van der Waals surface area contributed by atoms with Crippen molar-refractivity contribution in [1.82, 2.24) is 14.3 Å². The van der Waals surface area contributed by atoms with E-state index in [1.807, 2.05) is 49.0 Å². The van der Waals surface area contributed by atoms with Gasteiger partial charge in [-0.3, -0.25) is 19.2 Å². The van der Waals surface area contributed by atoms with Gasteiger partial charge in [-0.15, -0.1) is 0 Å². The Hall–Kier alpha value is -1.86. The molecule has 26 heavy (non-hydrogen) atoms. The normalized spacial score (nSPS) is 16.0. The molecule has 1 aliphatic heterocycles. The molecular weight excluding hydrogens is 398 g/mol. The van der Waals surface area contributed by atoms with Gasteiger partial charge in [-0.1, -0.05) is 18.2 Å². The van der Waals surface area contributed by atoms with Gasteiger partial charge in [0.2, 0.25) is 0 Å². The van der Waals surface area contributed by atoms with Gasteiger partial charge < -0.3 is 4.74 Å². The van der Waals surface area contributed by atoms with Crippen LogP contribution in [0.2, 0.25) is 0 Å². The maximum absolute atomic E-state index is 12.7. The molecule has 3 rings (SSSR count). The zero-order chi connectivity index (χ0) is 18.7. The fourth-order valence-corrected chi connectivity index (χ4v) is 4.00. The first-order valence-electron chi connectivity index (χ1n) is 8.93. The van der Waals surface area contributed by atoms with Crippen molar-refractivity contribution in [2.75, 3.05) is 19.7 Å². The Kier molecular flexibility index (Phi) is 5.98. The van der Waals surface area contributed by atoms with Gasteiger partial charge in [0.1, 0.15) is 4.47 Å². The number of aromatic nitrogens is 2. The lowest BCUT2D eigenvalue weighted by Gasteiger charge is -2.30. The zero-order valence-electron chi connectivity index (χ0n) is 15.2. The first-order chi connectivity index (χ1) is 12.5. The SMILES string of the molecule is CCOC(=O)C1CCN(Cc2c(Br)c(=O)n(-c3ccccc3)n2C)CC1. The van der Waals surface area contributed by atoms with Crippen LogP contribution in [0.4, 0.5) is 0 Å². The summed E-state index contributed by atoms with van der Waals surface area (Å²) in [6.45, 7) is 4.58. The van der Waals surface area contributed by atoms with Crippen LogP contribution in [-0.2, 0) is 23.1 Å². The van der Waals surface area contributed by atoms with E-state index in [1.165, 1.54) is 0 Å². The number of carbonyl (C=O) groups excluding carboxylic acids is 1. The number of likely N-dealkylation sites (tertiary alicyclic amines) is 1. The van der Waals surface area contributed by atoms with Crippen molar-refractivity contribution in [2.45, 2.75) is 26.3 Å². The molecule has 2 aromatic rings. The van der Waals surface area contributed by atoms with Gasteiger partial charge in [0.15, 0.2) is 0 Å². The molecule has 140 valence electrons. The topological polar surface area (TPSA) is 56.5 Å². The number of para-hydroxylation sites is 1. The van der Waals surface area contributed by atoms with E-state index in [2.05, 4.69) is 20.8 Å². The van der Waals surface area contributed by atoms with Crippen LogP contribution in [-0.4, -0.2) is 39.9 Å². The number of carbonyl (C=O) groups is 1. The van der Waals surface area contributed by atoms with Crippen LogP contribution >= 0.6 is 15.9 Å². The summed E-state index contributed by atoms with van der Waals surface area (Å²) in [6, 6.07) is 9.61. The fourth-order valence-electron chi connectivity index (χ4n) is 3.45. The highest BCUT2D eigenvalue weighted by atomic mass is 79.9. The summed E-state index contributed by atoms with van der Waals surface area (Å²) >= 11 is 3.48. The van der Waals surface area contributed by atoms with E-state index in [9.17, 15) is 9.59 Å².